The first-order valence-electron chi connectivity index (χ1n) is 8.43. The Bertz CT molecular complexity index is 884. The average Bonchev–Trinajstić information content (AvgIpc) is 3.02. The lowest BCUT2D eigenvalue weighted by Crippen LogP contribution is -2.14. The zero-order valence-electron chi connectivity index (χ0n) is 14.7. The Kier molecular flexibility index (Phi) is 6.06. The molecule has 0 bridgehead atoms. The molecule has 3 aromatic rings. The van der Waals surface area contributed by atoms with Crippen molar-refractivity contribution in [3.63, 3.8) is 0 Å². The van der Waals surface area contributed by atoms with Crippen molar-refractivity contribution < 1.29 is 9.59 Å². The first-order chi connectivity index (χ1) is 12.5. The first-order valence-corrected chi connectivity index (χ1v) is 10.2. The third-order valence-corrected chi connectivity index (χ3v) is 5.86. The van der Waals surface area contributed by atoms with Crippen LogP contribution in [0.2, 0.25) is 0 Å². The van der Waals surface area contributed by atoms with Crippen LogP contribution < -0.4 is 5.32 Å². The highest BCUT2D eigenvalue weighted by atomic mass is 32.2. The van der Waals surface area contributed by atoms with Crippen molar-refractivity contribution in [3.05, 3.63) is 54.1 Å². The molecule has 134 valence electrons. The molecule has 0 saturated heterocycles. The second-order valence-electron chi connectivity index (χ2n) is 6.38. The van der Waals surface area contributed by atoms with Crippen LogP contribution >= 0.6 is 23.1 Å². The number of ketones is 1. The molecule has 4 nitrogen and oxygen atoms in total. The fraction of sp³-hybridized carbons (Fsp3) is 0.250. The number of carbonyl (C=O) groups excluding carboxylic acids is 2. The van der Waals surface area contributed by atoms with Gasteiger partial charge in [0.05, 0.1) is 16.0 Å². The quantitative estimate of drug-likeness (QED) is 0.446. The summed E-state index contributed by atoms with van der Waals surface area (Å²) in [5.74, 6) is 0.703. The fourth-order valence-corrected chi connectivity index (χ4v) is 4.41. The van der Waals surface area contributed by atoms with E-state index in [1.807, 2.05) is 38.1 Å². The number of Topliss-reactive ketones (excluding diaryl/α,β-unsaturated/α-hetero) is 1. The van der Waals surface area contributed by atoms with Crippen molar-refractivity contribution >= 4 is 50.7 Å². The van der Waals surface area contributed by atoms with Gasteiger partial charge in [-0.05, 0) is 42.3 Å². The number of anilines is 1. The van der Waals surface area contributed by atoms with Crippen LogP contribution in [-0.2, 0) is 4.79 Å². The highest BCUT2D eigenvalue weighted by Crippen LogP contribution is 2.29. The van der Waals surface area contributed by atoms with Gasteiger partial charge < -0.3 is 5.32 Å². The van der Waals surface area contributed by atoms with Crippen molar-refractivity contribution in [2.45, 2.75) is 24.6 Å². The van der Waals surface area contributed by atoms with Crippen LogP contribution in [0.3, 0.4) is 0 Å². The number of rotatable bonds is 7. The summed E-state index contributed by atoms with van der Waals surface area (Å²) in [6.07, 6.45) is 0.486. The molecule has 3 rings (SSSR count). The minimum atomic E-state index is -0.00883. The number of amides is 1. The lowest BCUT2D eigenvalue weighted by molar-refractivity contribution is -0.116. The van der Waals surface area contributed by atoms with E-state index >= 15 is 0 Å². The maximum Gasteiger partial charge on any atom is 0.224 e. The Hall–Kier alpha value is -2.18. The average molecular weight is 385 g/mol. The van der Waals surface area contributed by atoms with Crippen LogP contribution in [0.15, 0.2) is 52.9 Å². The second kappa shape index (κ2) is 8.47. The second-order valence-corrected chi connectivity index (χ2v) is 8.64. The number of carbonyl (C=O) groups is 2. The zero-order valence-corrected chi connectivity index (χ0v) is 16.3. The van der Waals surface area contributed by atoms with Crippen LogP contribution in [0.25, 0.3) is 10.2 Å². The predicted molar refractivity (Wildman–Crippen MR) is 109 cm³/mol. The maximum atomic E-state index is 12.4. The Labute approximate surface area is 161 Å². The molecule has 0 aliphatic heterocycles. The number of hydrogen-bond donors (Lipinski definition) is 1. The molecule has 26 heavy (non-hydrogen) atoms. The van der Waals surface area contributed by atoms with Crippen LogP contribution in [-0.4, -0.2) is 22.4 Å². The predicted octanol–water partition coefficient (Wildman–Crippen LogP) is 5.26. The first kappa shape index (κ1) is 18.6. The molecule has 1 N–H and O–H groups in total. The van der Waals surface area contributed by atoms with E-state index in [0.29, 0.717) is 29.3 Å². The summed E-state index contributed by atoms with van der Waals surface area (Å²) in [5, 5.41) is 2.85. The minimum absolute atomic E-state index is 0.00883. The summed E-state index contributed by atoms with van der Waals surface area (Å²) >= 11 is 3.06. The van der Waals surface area contributed by atoms with E-state index in [0.717, 1.165) is 14.6 Å². The smallest absolute Gasteiger partial charge is 0.224 e. The zero-order chi connectivity index (χ0) is 18.5. The van der Waals surface area contributed by atoms with E-state index in [1.54, 1.807) is 35.6 Å². The molecule has 6 heteroatoms. The molecule has 0 atom stereocenters. The number of aromatic nitrogens is 1. The number of benzene rings is 2. The largest absolute Gasteiger partial charge is 0.326 e. The molecule has 0 aliphatic rings. The highest BCUT2D eigenvalue weighted by Gasteiger charge is 2.11. The third-order valence-electron chi connectivity index (χ3n) is 3.69. The highest BCUT2D eigenvalue weighted by molar-refractivity contribution is 8.01. The van der Waals surface area contributed by atoms with Crippen LogP contribution in [0.4, 0.5) is 5.69 Å². The molecule has 1 aromatic heterocycles. The van der Waals surface area contributed by atoms with E-state index in [-0.39, 0.29) is 11.7 Å². The molecule has 0 radical (unpaired) electrons. The van der Waals surface area contributed by atoms with Crippen molar-refractivity contribution in [1.29, 1.82) is 0 Å². The maximum absolute atomic E-state index is 12.4. The summed E-state index contributed by atoms with van der Waals surface area (Å²) in [6, 6.07) is 15.0. The van der Waals surface area contributed by atoms with Crippen molar-refractivity contribution in [3.8, 4) is 0 Å². The van der Waals surface area contributed by atoms with Gasteiger partial charge in [-0.1, -0.05) is 37.7 Å². The molecular weight excluding hydrogens is 364 g/mol. The van der Waals surface area contributed by atoms with Crippen molar-refractivity contribution in [2.24, 2.45) is 5.92 Å². The van der Waals surface area contributed by atoms with Gasteiger partial charge in [0.25, 0.3) is 0 Å². The van der Waals surface area contributed by atoms with Crippen LogP contribution in [0.1, 0.15) is 30.6 Å². The fourth-order valence-electron chi connectivity index (χ4n) is 2.45. The number of nitrogens with zero attached hydrogens (tertiary/aromatic N) is 1. The normalized spacial score (nSPS) is 11.0. The van der Waals surface area contributed by atoms with Gasteiger partial charge in [0.1, 0.15) is 0 Å². The molecule has 0 aliphatic carbocycles. The molecule has 0 unspecified atom stereocenters. The lowest BCUT2D eigenvalue weighted by atomic mass is 10.1. The van der Waals surface area contributed by atoms with E-state index in [1.165, 1.54) is 11.8 Å². The van der Waals surface area contributed by atoms with Crippen LogP contribution in [0, 0.1) is 5.92 Å². The summed E-state index contributed by atoms with van der Waals surface area (Å²) < 4.78 is 2.03. The van der Waals surface area contributed by atoms with Gasteiger partial charge in [-0.3, -0.25) is 9.59 Å². The van der Waals surface area contributed by atoms with Crippen LogP contribution in [0.5, 0.6) is 0 Å². The van der Waals surface area contributed by atoms with Gasteiger partial charge in [0.2, 0.25) is 5.91 Å². The summed E-state index contributed by atoms with van der Waals surface area (Å²) in [5.41, 5.74) is 2.32. The Balaban J connectivity index is 1.56. The standard InChI is InChI=1S/C20H20N2O2S2/c1-13(2)11-19(24)21-15-9-7-14(8-10-15)17(23)12-25-20-22-16-5-3-4-6-18(16)26-20/h3-10,13H,11-12H2,1-2H3,(H,21,24). The lowest BCUT2D eigenvalue weighted by Gasteiger charge is -2.07. The summed E-state index contributed by atoms with van der Waals surface area (Å²) in [6.45, 7) is 4.01. The molecular formula is C20H20N2O2S2. The monoisotopic (exact) mass is 384 g/mol. The van der Waals surface area contributed by atoms with Crippen molar-refractivity contribution in [2.75, 3.05) is 11.1 Å². The van der Waals surface area contributed by atoms with Crippen molar-refractivity contribution in [1.82, 2.24) is 4.98 Å². The number of thioether (sulfide) groups is 1. The van der Waals surface area contributed by atoms with E-state index < -0.39 is 0 Å². The van der Waals surface area contributed by atoms with E-state index in [2.05, 4.69) is 10.3 Å². The Morgan fingerprint density at radius 1 is 1.12 bits per heavy atom. The van der Waals surface area contributed by atoms with Gasteiger partial charge in [-0.2, -0.15) is 0 Å². The van der Waals surface area contributed by atoms with E-state index in [9.17, 15) is 9.59 Å². The summed E-state index contributed by atoms with van der Waals surface area (Å²) in [7, 11) is 0. The van der Waals surface area contributed by atoms with Gasteiger partial charge >= 0.3 is 0 Å². The van der Waals surface area contributed by atoms with Gasteiger partial charge in [0, 0.05) is 17.7 Å². The number of nitrogens with one attached hydrogen (secondary N) is 1. The number of fused-ring (bicyclic) bond motifs is 1. The van der Waals surface area contributed by atoms with Gasteiger partial charge in [-0.25, -0.2) is 4.98 Å². The molecule has 1 amide bonds. The molecule has 1 heterocycles. The minimum Gasteiger partial charge on any atom is -0.326 e. The Morgan fingerprint density at radius 2 is 1.85 bits per heavy atom. The van der Waals surface area contributed by atoms with Gasteiger partial charge in [0.15, 0.2) is 10.1 Å². The SMILES string of the molecule is CC(C)CC(=O)Nc1ccc(C(=O)CSc2nc3ccccc3s2)cc1. The summed E-state index contributed by atoms with van der Waals surface area (Å²) in [4.78, 5) is 28.7. The Morgan fingerprint density at radius 3 is 2.54 bits per heavy atom. The molecule has 0 fully saturated rings. The third kappa shape index (κ3) is 4.93. The molecule has 0 saturated carbocycles. The molecule has 2 aromatic carbocycles. The number of hydrogen-bond acceptors (Lipinski definition) is 5. The number of para-hydroxylation sites is 1. The van der Waals surface area contributed by atoms with E-state index in [4.69, 9.17) is 0 Å². The topological polar surface area (TPSA) is 59.1 Å². The number of thiazole rings is 1. The molecule has 0 spiro atoms. The van der Waals surface area contributed by atoms with Gasteiger partial charge in [-0.15, -0.1) is 11.3 Å².